The van der Waals surface area contributed by atoms with E-state index in [0.717, 1.165) is 6.42 Å². The van der Waals surface area contributed by atoms with Crippen LogP contribution in [0.3, 0.4) is 0 Å². The van der Waals surface area contributed by atoms with E-state index < -0.39 is 0 Å². The molecule has 2 N–H and O–H groups in total. The Kier molecular flexibility index (Phi) is 5.50. The lowest BCUT2D eigenvalue weighted by Gasteiger charge is -2.13. The molecule has 1 unspecified atom stereocenters. The third-order valence-corrected chi connectivity index (χ3v) is 3.60. The van der Waals surface area contributed by atoms with Crippen LogP contribution in [0.5, 0.6) is 0 Å². The Balaban J connectivity index is 2.06. The van der Waals surface area contributed by atoms with Crippen molar-refractivity contribution in [1.29, 1.82) is 0 Å². The predicted molar refractivity (Wildman–Crippen MR) is 83.2 cm³/mol. The molecule has 0 saturated heterocycles. The summed E-state index contributed by atoms with van der Waals surface area (Å²) in [4.78, 5) is 16.3. The van der Waals surface area contributed by atoms with Crippen molar-refractivity contribution in [2.45, 2.75) is 19.4 Å². The molecule has 0 aliphatic heterocycles. The highest BCUT2D eigenvalue weighted by Crippen LogP contribution is 2.10. The molecule has 0 spiro atoms. The molecule has 0 fully saturated rings. The van der Waals surface area contributed by atoms with Gasteiger partial charge >= 0.3 is 0 Å². The summed E-state index contributed by atoms with van der Waals surface area (Å²) in [6.07, 6.45) is 3.88. The molecule has 21 heavy (non-hydrogen) atoms. The van der Waals surface area contributed by atoms with Gasteiger partial charge in [-0.05, 0) is 41.8 Å². The van der Waals surface area contributed by atoms with E-state index in [1.807, 2.05) is 12.3 Å². The van der Waals surface area contributed by atoms with Gasteiger partial charge in [0.2, 0.25) is 0 Å². The number of aliphatic hydroxyl groups excluding tert-OH is 1. The molecule has 2 aromatic rings. The molecule has 0 aliphatic carbocycles. The molecule has 4 nitrogen and oxygen atoms in total. The smallest absolute Gasteiger partial charge is 0.252 e. The van der Waals surface area contributed by atoms with Gasteiger partial charge in [0.25, 0.3) is 5.91 Å². The lowest BCUT2D eigenvalue weighted by Crippen LogP contribution is -2.34. The monoisotopic (exact) mass is 300 g/mol. The standard InChI is InChI=1S/C16H16N2O2S/c1-12(9-13-5-8-21-11-13)18-16(20)15-4-6-17-10-14(15)3-2-7-19/h4-6,8,10-12,19H,7,9H2,1H3,(H,18,20). The highest BCUT2D eigenvalue weighted by molar-refractivity contribution is 7.07. The van der Waals surface area contributed by atoms with E-state index in [1.165, 1.54) is 11.8 Å². The molecular formula is C16H16N2O2S. The SMILES string of the molecule is CC(Cc1ccsc1)NC(=O)c1ccncc1C#CCO. The number of pyridine rings is 1. The first-order valence-corrected chi connectivity index (χ1v) is 7.50. The lowest BCUT2D eigenvalue weighted by molar-refractivity contribution is 0.0940. The first-order valence-electron chi connectivity index (χ1n) is 6.56. The third kappa shape index (κ3) is 4.42. The number of hydrogen-bond acceptors (Lipinski definition) is 4. The third-order valence-electron chi connectivity index (χ3n) is 2.87. The Morgan fingerprint density at radius 3 is 3.10 bits per heavy atom. The minimum Gasteiger partial charge on any atom is -0.384 e. The number of rotatable bonds is 4. The van der Waals surface area contributed by atoms with E-state index >= 15 is 0 Å². The maximum atomic E-state index is 12.3. The van der Waals surface area contributed by atoms with Crippen molar-refractivity contribution in [3.05, 3.63) is 52.0 Å². The normalized spacial score (nSPS) is 11.3. The zero-order chi connectivity index (χ0) is 15.1. The zero-order valence-corrected chi connectivity index (χ0v) is 12.5. The summed E-state index contributed by atoms with van der Waals surface area (Å²) in [5.74, 6) is 5.10. The summed E-state index contributed by atoms with van der Waals surface area (Å²) >= 11 is 1.65. The molecule has 2 aromatic heterocycles. The molecule has 1 amide bonds. The van der Waals surface area contributed by atoms with Gasteiger partial charge in [0, 0.05) is 18.4 Å². The molecule has 1 atom stereocenters. The largest absolute Gasteiger partial charge is 0.384 e. The fourth-order valence-corrected chi connectivity index (χ4v) is 2.62. The Bertz CT molecular complexity index is 656. The number of aromatic nitrogens is 1. The van der Waals surface area contributed by atoms with E-state index in [4.69, 9.17) is 5.11 Å². The van der Waals surface area contributed by atoms with Gasteiger partial charge in [-0.1, -0.05) is 11.8 Å². The van der Waals surface area contributed by atoms with Crippen LogP contribution < -0.4 is 5.32 Å². The van der Waals surface area contributed by atoms with E-state index in [0.29, 0.717) is 11.1 Å². The van der Waals surface area contributed by atoms with Crippen molar-refractivity contribution in [1.82, 2.24) is 10.3 Å². The van der Waals surface area contributed by atoms with Crippen LogP contribution in [0.4, 0.5) is 0 Å². The van der Waals surface area contributed by atoms with Gasteiger partial charge in [-0.3, -0.25) is 9.78 Å². The van der Waals surface area contributed by atoms with Crippen molar-refractivity contribution in [3.8, 4) is 11.8 Å². The number of carbonyl (C=O) groups is 1. The Morgan fingerprint density at radius 2 is 2.38 bits per heavy atom. The van der Waals surface area contributed by atoms with Gasteiger partial charge in [0.1, 0.15) is 6.61 Å². The second kappa shape index (κ2) is 7.58. The van der Waals surface area contributed by atoms with E-state index in [2.05, 4.69) is 33.6 Å². The molecule has 2 heterocycles. The summed E-state index contributed by atoms with van der Waals surface area (Å²) in [7, 11) is 0. The topological polar surface area (TPSA) is 62.2 Å². The number of nitrogens with zero attached hydrogens (tertiary/aromatic N) is 1. The van der Waals surface area contributed by atoms with Gasteiger partial charge in [0.05, 0.1) is 11.1 Å². The van der Waals surface area contributed by atoms with Crippen LogP contribution in [-0.2, 0) is 6.42 Å². The van der Waals surface area contributed by atoms with Crippen molar-refractivity contribution in [2.75, 3.05) is 6.61 Å². The summed E-state index contributed by atoms with van der Waals surface area (Å²) < 4.78 is 0. The fourth-order valence-electron chi connectivity index (χ4n) is 1.94. The lowest BCUT2D eigenvalue weighted by atomic mass is 10.1. The predicted octanol–water partition coefficient (Wildman–Crippen LogP) is 1.85. The number of thiophene rings is 1. The minimum atomic E-state index is -0.246. The maximum absolute atomic E-state index is 12.3. The average molecular weight is 300 g/mol. The molecular weight excluding hydrogens is 284 g/mol. The Morgan fingerprint density at radius 1 is 1.52 bits per heavy atom. The van der Waals surface area contributed by atoms with Crippen LogP contribution >= 0.6 is 11.3 Å². The van der Waals surface area contributed by atoms with E-state index in [-0.39, 0.29) is 18.6 Å². The molecule has 0 aliphatic rings. The van der Waals surface area contributed by atoms with Crippen LogP contribution in [0, 0.1) is 11.8 Å². The molecule has 0 bridgehead atoms. The number of aliphatic hydroxyl groups is 1. The van der Waals surface area contributed by atoms with Gasteiger partial charge in [-0.2, -0.15) is 11.3 Å². The summed E-state index contributed by atoms with van der Waals surface area (Å²) in [6.45, 7) is 1.72. The molecule has 108 valence electrons. The molecule has 0 aromatic carbocycles. The summed E-state index contributed by atoms with van der Waals surface area (Å²) in [5.41, 5.74) is 2.21. The molecule has 2 rings (SSSR count). The van der Waals surface area contributed by atoms with Crippen LogP contribution in [0.1, 0.15) is 28.4 Å². The Labute approximate surface area is 127 Å². The van der Waals surface area contributed by atoms with Gasteiger partial charge in [-0.25, -0.2) is 0 Å². The zero-order valence-electron chi connectivity index (χ0n) is 11.7. The second-order valence-electron chi connectivity index (χ2n) is 4.59. The maximum Gasteiger partial charge on any atom is 0.252 e. The molecule has 0 radical (unpaired) electrons. The van der Waals surface area contributed by atoms with Crippen LogP contribution in [-0.4, -0.2) is 28.6 Å². The van der Waals surface area contributed by atoms with Crippen LogP contribution in [0.2, 0.25) is 0 Å². The first-order chi connectivity index (χ1) is 10.2. The number of hydrogen-bond donors (Lipinski definition) is 2. The summed E-state index contributed by atoms with van der Waals surface area (Å²) in [5, 5.41) is 15.8. The fraction of sp³-hybridized carbons (Fsp3) is 0.250. The highest BCUT2D eigenvalue weighted by atomic mass is 32.1. The van der Waals surface area contributed by atoms with Crippen LogP contribution in [0.15, 0.2) is 35.3 Å². The van der Waals surface area contributed by atoms with Crippen molar-refractivity contribution >= 4 is 17.2 Å². The number of nitrogens with one attached hydrogen (secondary N) is 1. The van der Waals surface area contributed by atoms with E-state index in [1.54, 1.807) is 23.6 Å². The van der Waals surface area contributed by atoms with Gasteiger partial charge in [-0.15, -0.1) is 0 Å². The summed E-state index contributed by atoms with van der Waals surface area (Å²) in [6, 6.07) is 3.71. The van der Waals surface area contributed by atoms with Crippen molar-refractivity contribution < 1.29 is 9.90 Å². The van der Waals surface area contributed by atoms with E-state index in [9.17, 15) is 4.79 Å². The van der Waals surface area contributed by atoms with Crippen molar-refractivity contribution in [3.63, 3.8) is 0 Å². The second-order valence-corrected chi connectivity index (χ2v) is 5.37. The molecule has 5 heteroatoms. The molecule has 0 saturated carbocycles. The quantitative estimate of drug-likeness (QED) is 0.847. The van der Waals surface area contributed by atoms with Crippen molar-refractivity contribution in [2.24, 2.45) is 0 Å². The highest BCUT2D eigenvalue weighted by Gasteiger charge is 2.13. The number of amides is 1. The number of carbonyl (C=O) groups excluding carboxylic acids is 1. The average Bonchev–Trinajstić information content (AvgIpc) is 2.98. The minimum absolute atomic E-state index is 0.0268. The van der Waals surface area contributed by atoms with Gasteiger partial charge in [0.15, 0.2) is 0 Å². The Hall–Kier alpha value is -2.16. The van der Waals surface area contributed by atoms with Gasteiger partial charge < -0.3 is 10.4 Å². The first kappa shape index (κ1) is 15.2. The van der Waals surface area contributed by atoms with Crippen LogP contribution in [0.25, 0.3) is 0 Å².